The van der Waals surface area contributed by atoms with Crippen molar-refractivity contribution in [3.63, 3.8) is 0 Å². The summed E-state index contributed by atoms with van der Waals surface area (Å²) in [6.07, 6.45) is -1.71. The predicted molar refractivity (Wildman–Crippen MR) is 71.9 cm³/mol. The van der Waals surface area contributed by atoms with E-state index in [9.17, 15) is 18.0 Å². The highest BCUT2D eigenvalue weighted by atomic mass is 35.5. The van der Waals surface area contributed by atoms with E-state index >= 15 is 0 Å². The van der Waals surface area contributed by atoms with Crippen molar-refractivity contribution in [1.29, 1.82) is 0 Å². The molecule has 0 aromatic carbocycles. The van der Waals surface area contributed by atoms with Crippen molar-refractivity contribution in [3.05, 3.63) is 0 Å². The smallest absolute Gasteiger partial charge is 0.383 e. The van der Waals surface area contributed by atoms with E-state index in [0.29, 0.717) is 26.0 Å². The maximum Gasteiger partial charge on any atom is 0.408 e. The van der Waals surface area contributed by atoms with Crippen LogP contribution in [-0.2, 0) is 9.53 Å². The number of carbonyl (C=O) groups excluding carboxylic acids is 1. The SMILES string of the molecule is COCCNCC(=O)NC(C1CCCC1)C(F)(F)F.Cl. The number of hydrogen-bond donors (Lipinski definition) is 2. The van der Waals surface area contributed by atoms with Crippen LogP contribution < -0.4 is 10.6 Å². The van der Waals surface area contributed by atoms with Gasteiger partial charge in [0.1, 0.15) is 6.04 Å². The molecule has 20 heavy (non-hydrogen) atoms. The number of hydrogen-bond acceptors (Lipinski definition) is 3. The summed E-state index contributed by atoms with van der Waals surface area (Å²) in [7, 11) is 1.52. The van der Waals surface area contributed by atoms with Crippen LogP contribution in [0.25, 0.3) is 0 Å². The maximum atomic E-state index is 12.9. The Morgan fingerprint density at radius 1 is 1.35 bits per heavy atom. The highest BCUT2D eigenvalue weighted by Crippen LogP contribution is 2.35. The van der Waals surface area contributed by atoms with Crippen molar-refractivity contribution >= 4 is 18.3 Å². The molecule has 0 spiro atoms. The molecule has 0 radical (unpaired) electrons. The molecular formula is C12H22ClF3N2O2. The third-order valence-corrected chi connectivity index (χ3v) is 3.31. The van der Waals surface area contributed by atoms with E-state index in [-0.39, 0.29) is 19.0 Å². The molecule has 1 amide bonds. The van der Waals surface area contributed by atoms with Crippen LogP contribution in [0, 0.1) is 5.92 Å². The maximum absolute atomic E-state index is 12.9. The Kier molecular flexibility index (Phi) is 9.16. The number of alkyl halides is 3. The molecule has 0 heterocycles. The van der Waals surface area contributed by atoms with Crippen molar-refractivity contribution in [2.75, 3.05) is 26.8 Å². The number of halogens is 4. The zero-order valence-corrected chi connectivity index (χ0v) is 12.3. The minimum absolute atomic E-state index is 0. The lowest BCUT2D eigenvalue weighted by Gasteiger charge is -2.27. The first kappa shape index (κ1) is 19.5. The van der Waals surface area contributed by atoms with Gasteiger partial charge in [-0.2, -0.15) is 13.2 Å². The lowest BCUT2D eigenvalue weighted by atomic mass is 9.97. The number of carbonyl (C=O) groups is 1. The largest absolute Gasteiger partial charge is 0.408 e. The van der Waals surface area contributed by atoms with E-state index in [4.69, 9.17) is 4.74 Å². The van der Waals surface area contributed by atoms with Crippen molar-refractivity contribution in [2.24, 2.45) is 5.92 Å². The van der Waals surface area contributed by atoms with Gasteiger partial charge in [-0.3, -0.25) is 4.79 Å². The Morgan fingerprint density at radius 3 is 2.45 bits per heavy atom. The molecule has 1 unspecified atom stereocenters. The zero-order chi connectivity index (χ0) is 14.3. The molecule has 1 fully saturated rings. The molecule has 1 aliphatic rings. The van der Waals surface area contributed by atoms with Gasteiger partial charge in [0.25, 0.3) is 0 Å². The van der Waals surface area contributed by atoms with Gasteiger partial charge in [-0.25, -0.2) is 0 Å². The van der Waals surface area contributed by atoms with Crippen LogP contribution in [0.1, 0.15) is 25.7 Å². The highest BCUT2D eigenvalue weighted by Gasteiger charge is 2.46. The van der Waals surface area contributed by atoms with Gasteiger partial charge in [0.15, 0.2) is 0 Å². The van der Waals surface area contributed by atoms with Gasteiger partial charge in [0.2, 0.25) is 5.91 Å². The Bertz CT molecular complexity index is 284. The molecule has 1 atom stereocenters. The summed E-state index contributed by atoms with van der Waals surface area (Å²) >= 11 is 0. The minimum atomic E-state index is -4.38. The fourth-order valence-corrected chi connectivity index (χ4v) is 2.36. The minimum Gasteiger partial charge on any atom is -0.383 e. The fraction of sp³-hybridized carbons (Fsp3) is 0.917. The standard InChI is InChI=1S/C12H21F3N2O2.ClH/c1-19-7-6-16-8-10(18)17-11(12(13,14)15)9-4-2-3-5-9;/h9,11,16H,2-8H2,1H3,(H,17,18);1H. The van der Waals surface area contributed by atoms with Crippen LogP contribution >= 0.6 is 12.4 Å². The lowest BCUT2D eigenvalue weighted by Crippen LogP contribution is -2.51. The summed E-state index contributed by atoms with van der Waals surface area (Å²) in [4.78, 5) is 11.5. The number of methoxy groups -OCH3 is 1. The number of amides is 1. The summed E-state index contributed by atoms with van der Waals surface area (Å²) in [6.45, 7) is 0.727. The van der Waals surface area contributed by atoms with Crippen LogP contribution in [0.5, 0.6) is 0 Å². The molecule has 0 aliphatic heterocycles. The van der Waals surface area contributed by atoms with Gasteiger partial charge in [0, 0.05) is 13.7 Å². The highest BCUT2D eigenvalue weighted by molar-refractivity contribution is 5.85. The van der Waals surface area contributed by atoms with Crippen molar-refractivity contribution in [2.45, 2.75) is 37.9 Å². The van der Waals surface area contributed by atoms with Crippen LogP contribution in [0.4, 0.5) is 13.2 Å². The molecule has 8 heteroatoms. The van der Waals surface area contributed by atoms with E-state index in [1.54, 1.807) is 0 Å². The second kappa shape index (κ2) is 9.41. The molecule has 1 aliphatic carbocycles. The van der Waals surface area contributed by atoms with Crippen LogP contribution in [-0.4, -0.2) is 44.9 Å². The Morgan fingerprint density at radius 2 is 1.95 bits per heavy atom. The number of nitrogens with one attached hydrogen (secondary N) is 2. The molecule has 120 valence electrons. The molecule has 0 bridgehead atoms. The second-order valence-corrected chi connectivity index (χ2v) is 4.80. The summed E-state index contributed by atoms with van der Waals surface area (Å²) in [6, 6.07) is -1.72. The molecule has 2 N–H and O–H groups in total. The molecular weight excluding hydrogens is 297 g/mol. The van der Waals surface area contributed by atoms with Crippen LogP contribution in [0.2, 0.25) is 0 Å². The van der Waals surface area contributed by atoms with E-state index in [1.807, 2.05) is 0 Å². The second-order valence-electron chi connectivity index (χ2n) is 4.80. The Labute approximate surface area is 123 Å². The van der Waals surface area contributed by atoms with E-state index < -0.39 is 24.0 Å². The average molecular weight is 319 g/mol. The Balaban J connectivity index is 0.00000361. The molecule has 1 rings (SSSR count). The van der Waals surface area contributed by atoms with Gasteiger partial charge in [0.05, 0.1) is 13.2 Å². The fourth-order valence-electron chi connectivity index (χ4n) is 2.36. The van der Waals surface area contributed by atoms with Gasteiger partial charge in [-0.15, -0.1) is 12.4 Å². The predicted octanol–water partition coefficient (Wildman–Crippen LogP) is 1.88. The van der Waals surface area contributed by atoms with Crippen LogP contribution in [0.15, 0.2) is 0 Å². The Hall–Kier alpha value is -0.530. The summed E-state index contributed by atoms with van der Waals surface area (Å²) < 4.78 is 43.5. The van der Waals surface area contributed by atoms with Gasteiger partial charge in [-0.05, 0) is 18.8 Å². The molecule has 4 nitrogen and oxygen atoms in total. The molecule has 0 saturated heterocycles. The normalized spacial score (nSPS) is 17.6. The summed E-state index contributed by atoms with van der Waals surface area (Å²) in [5.74, 6) is -1.10. The topological polar surface area (TPSA) is 50.4 Å². The quantitative estimate of drug-likeness (QED) is 0.705. The van der Waals surface area contributed by atoms with Crippen LogP contribution in [0.3, 0.4) is 0 Å². The zero-order valence-electron chi connectivity index (χ0n) is 11.5. The molecule has 0 aromatic rings. The monoisotopic (exact) mass is 318 g/mol. The summed E-state index contributed by atoms with van der Waals surface area (Å²) in [5.41, 5.74) is 0. The van der Waals surface area contributed by atoms with Crippen molar-refractivity contribution in [3.8, 4) is 0 Å². The van der Waals surface area contributed by atoms with E-state index in [1.165, 1.54) is 7.11 Å². The van der Waals surface area contributed by atoms with E-state index in [0.717, 1.165) is 12.8 Å². The first-order valence-electron chi connectivity index (χ1n) is 6.51. The van der Waals surface area contributed by atoms with Gasteiger partial charge < -0.3 is 15.4 Å². The lowest BCUT2D eigenvalue weighted by molar-refractivity contribution is -0.171. The third kappa shape index (κ3) is 6.76. The van der Waals surface area contributed by atoms with E-state index in [2.05, 4.69) is 10.6 Å². The van der Waals surface area contributed by atoms with Crippen molar-refractivity contribution in [1.82, 2.24) is 10.6 Å². The number of rotatable bonds is 7. The van der Waals surface area contributed by atoms with Gasteiger partial charge >= 0.3 is 6.18 Å². The molecule has 0 aromatic heterocycles. The molecule has 1 saturated carbocycles. The van der Waals surface area contributed by atoms with Crippen molar-refractivity contribution < 1.29 is 22.7 Å². The summed E-state index contributed by atoms with van der Waals surface area (Å²) in [5, 5.41) is 4.84. The third-order valence-electron chi connectivity index (χ3n) is 3.31. The number of ether oxygens (including phenoxy) is 1. The average Bonchev–Trinajstić information content (AvgIpc) is 2.83. The van der Waals surface area contributed by atoms with Gasteiger partial charge in [-0.1, -0.05) is 12.8 Å². The first-order chi connectivity index (χ1) is 8.95. The first-order valence-corrected chi connectivity index (χ1v) is 6.51.